The van der Waals surface area contributed by atoms with Crippen LogP contribution in [0.15, 0.2) is 35.2 Å². The van der Waals surface area contributed by atoms with Crippen molar-refractivity contribution in [2.45, 2.75) is 12.6 Å². The lowest BCUT2D eigenvalue weighted by molar-refractivity contribution is -0.0333. The van der Waals surface area contributed by atoms with Crippen LogP contribution in [0.4, 0.5) is 4.39 Å². The number of nitrogens with one attached hydrogen (secondary N) is 1. The van der Waals surface area contributed by atoms with Crippen molar-refractivity contribution in [1.82, 2.24) is 14.9 Å². The van der Waals surface area contributed by atoms with E-state index in [1.807, 2.05) is 6.20 Å². The third-order valence-electron chi connectivity index (χ3n) is 3.41. The fourth-order valence-electron chi connectivity index (χ4n) is 2.37. The molecule has 1 fully saturated rings. The van der Waals surface area contributed by atoms with E-state index in [1.54, 1.807) is 18.5 Å². The Labute approximate surface area is 125 Å². The largest absolute Gasteiger partial charge is 0.371 e. The lowest BCUT2D eigenvalue weighted by Gasteiger charge is -2.32. The molecule has 1 saturated heterocycles. The van der Waals surface area contributed by atoms with Crippen molar-refractivity contribution in [2.75, 3.05) is 19.7 Å². The highest BCUT2D eigenvalue weighted by atomic mass is 79.9. The van der Waals surface area contributed by atoms with Crippen LogP contribution in [0, 0.1) is 5.82 Å². The number of nitrogens with zero attached hydrogens (tertiary/aromatic N) is 2. The van der Waals surface area contributed by atoms with Crippen LogP contribution in [0.1, 0.15) is 17.4 Å². The summed E-state index contributed by atoms with van der Waals surface area (Å²) in [6.07, 6.45) is 3.49. The minimum atomic E-state index is -0.251. The van der Waals surface area contributed by atoms with E-state index in [0.717, 1.165) is 30.9 Å². The van der Waals surface area contributed by atoms with Crippen molar-refractivity contribution >= 4 is 15.9 Å². The smallest absolute Gasteiger partial charge is 0.137 e. The first-order valence-electron chi connectivity index (χ1n) is 6.48. The molecular weight excluding hydrogens is 325 g/mol. The summed E-state index contributed by atoms with van der Waals surface area (Å²) < 4.78 is 19.6. The van der Waals surface area contributed by atoms with Crippen LogP contribution in [0.3, 0.4) is 0 Å². The molecule has 1 N–H and O–H groups in total. The number of benzene rings is 1. The van der Waals surface area contributed by atoms with Gasteiger partial charge in [-0.25, -0.2) is 9.37 Å². The van der Waals surface area contributed by atoms with Gasteiger partial charge in [-0.3, -0.25) is 4.90 Å². The zero-order chi connectivity index (χ0) is 13.9. The lowest BCUT2D eigenvalue weighted by atomic mass is 10.1. The SMILES string of the molecule is Fc1ccc([C@@H]2CN(Cc3cnc[nH]3)CCO2)cc1Br. The Morgan fingerprint density at radius 3 is 3.15 bits per heavy atom. The molecule has 1 atom stereocenters. The molecule has 1 aromatic carbocycles. The fourth-order valence-corrected chi connectivity index (χ4v) is 2.77. The molecule has 2 heterocycles. The second-order valence-electron chi connectivity index (χ2n) is 4.84. The first-order valence-corrected chi connectivity index (χ1v) is 7.28. The summed E-state index contributed by atoms with van der Waals surface area (Å²) in [4.78, 5) is 9.43. The van der Waals surface area contributed by atoms with Crippen molar-refractivity contribution in [2.24, 2.45) is 0 Å². The normalized spacial score (nSPS) is 20.2. The van der Waals surface area contributed by atoms with Gasteiger partial charge >= 0.3 is 0 Å². The zero-order valence-corrected chi connectivity index (χ0v) is 12.4. The molecule has 0 unspecified atom stereocenters. The maximum Gasteiger partial charge on any atom is 0.137 e. The number of aromatic nitrogens is 2. The maximum absolute atomic E-state index is 13.3. The van der Waals surface area contributed by atoms with E-state index in [1.165, 1.54) is 6.07 Å². The number of morpholine rings is 1. The highest BCUT2D eigenvalue weighted by Gasteiger charge is 2.22. The van der Waals surface area contributed by atoms with Crippen LogP contribution in [0.5, 0.6) is 0 Å². The van der Waals surface area contributed by atoms with E-state index in [9.17, 15) is 4.39 Å². The minimum Gasteiger partial charge on any atom is -0.371 e. The van der Waals surface area contributed by atoms with Crippen molar-refractivity contribution in [1.29, 1.82) is 0 Å². The molecule has 1 aliphatic rings. The zero-order valence-electron chi connectivity index (χ0n) is 10.9. The molecule has 106 valence electrons. The Balaban J connectivity index is 1.69. The molecule has 1 aromatic heterocycles. The number of halogens is 2. The van der Waals surface area contributed by atoms with Gasteiger partial charge in [-0.2, -0.15) is 0 Å². The molecule has 0 bridgehead atoms. The second kappa shape index (κ2) is 6.03. The average Bonchev–Trinajstić information content (AvgIpc) is 2.95. The van der Waals surface area contributed by atoms with Gasteiger partial charge in [-0.1, -0.05) is 6.07 Å². The number of imidazole rings is 1. The molecule has 6 heteroatoms. The van der Waals surface area contributed by atoms with E-state index in [4.69, 9.17) is 4.74 Å². The molecule has 0 aliphatic carbocycles. The van der Waals surface area contributed by atoms with Crippen LogP contribution in [-0.2, 0) is 11.3 Å². The van der Waals surface area contributed by atoms with E-state index in [2.05, 4.69) is 30.8 Å². The van der Waals surface area contributed by atoms with Crippen molar-refractivity contribution < 1.29 is 9.13 Å². The number of H-pyrrole nitrogens is 1. The Morgan fingerprint density at radius 2 is 2.40 bits per heavy atom. The van der Waals surface area contributed by atoms with Gasteiger partial charge < -0.3 is 9.72 Å². The van der Waals surface area contributed by atoms with Gasteiger partial charge in [0.15, 0.2) is 0 Å². The standard InChI is InChI=1S/C14H15BrFN3O/c15-12-5-10(1-2-13(12)16)14-8-19(3-4-20-14)7-11-6-17-9-18-11/h1-2,5-6,9,14H,3-4,7-8H2,(H,17,18)/t14-/m0/s1. The van der Waals surface area contributed by atoms with Crippen LogP contribution < -0.4 is 0 Å². The number of aromatic amines is 1. The van der Waals surface area contributed by atoms with Crippen LogP contribution in [-0.4, -0.2) is 34.6 Å². The van der Waals surface area contributed by atoms with Crippen LogP contribution >= 0.6 is 15.9 Å². The Morgan fingerprint density at radius 1 is 1.50 bits per heavy atom. The fraction of sp³-hybridized carbons (Fsp3) is 0.357. The van der Waals surface area contributed by atoms with Gasteiger partial charge in [0.25, 0.3) is 0 Å². The molecule has 0 saturated carbocycles. The van der Waals surface area contributed by atoms with Crippen molar-refractivity contribution in [3.63, 3.8) is 0 Å². The average molecular weight is 340 g/mol. The summed E-state index contributed by atoms with van der Waals surface area (Å²) in [6.45, 7) is 3.17. The van der Waals surface area contributed by atoms with Gasteiger partial charge in [-0.15, -0.1) is 0 Å². The molecule has 1 aliphatic heterocycles. The second-order valence-corrected chi connectivity index (χ2v) is 5.70. The number of ether oxygens (including phenoxy) is 1. The van der Waals surface area contributed by atoms with Gasteiger partial charge in [0.05, 0.1) is 23.5 Å². The highest BCUT2D eigenvalue weighted by molar-refractivity contribution is 9.10. The number of hydrogen-bond acceptors (Lipinski definition) is 3. The summed E-state index contributed by atoms with van der Waals surface area (Å²) >= 11 is 3.22. The predicted molar refractivity (Wildman–Crippen MR) is 76.7 cm³/mol. The van der Waals surface area contributed by atoms with E-state index < -0.39 is 0 Å². The lowest BCUT2D eigenvalue weighted by Crippen LogP contribution is -2.37. The van der Waals surface area contributed by atoms with Crippen LogP contribution in [0.2, 0.25) is 0 Å². The van der Waals surface area contributed by atoms with Gasteiger partial charge in [0.1, 0.15) is 5.82 Å². The molecule has 20 heavy (non-hydrogen) atoms. The van der Waals surface area contributed by atoms with E-state index in [-0.39, 0.29) is 11.9 Å². The topological polar surface area (TPSA) is 41.2 Å². The summed E-state index contributed by atoms with van der Waals surface area (Å²) in [6, 6.07) is 5.04. The first kappa shape index (κ1) is 13.7. The summed E-state index contributed by atoms with van der Waals surface area (Å²) in [7, 11) is 0. The minimum absolute atomic E-state index is 0.0245. The number of hydrogen-bond donors (Lipinski definition) is 1. The first-order chi connectivity index (χ1) is 9.72. The maximum atomic E-state index is 13.3. The van der Waals surface area contributed by atoms with Crippen molar-refractivity contribution in [3.8, 4) is 0 Å². The quantitative estimate of drug-likeness (QED) is 0.934. The summed E-state index contributed by atoms with van der Waals surface area (Å²) in [5.74, 6) is -0.251. The van der Waals surface area contributed by atoms with Crippen LogP contribution in [0.25, 0.3) is 0 Å². The third kappa shape index (κ3) is 3.08. The summed E-state index contributed by atoms with van der Waals surface area (Å²) in [5, 5.41) is 0. The molecule has 3 rings (SSSR count). The monoisotopic (exact) mass is 339 g/mol. The van der Waals surface area contributed by atoms with Gasteiger partial charge in [0.2, 0.25) is 0 Å². The highest BCUT2D eigenvalue weighted by Crippen LogP contribution is 2.26. The van der Waals surface area contributed by atoms with E-state index >= 15 is 0 Å². The molecule has 0 spiro atoms. The number of rotatable bonds is 3. The molecule has 0 radical (unpaired) electrons. The Hall–Kier alpha value is -1.24. The summed E-state index contributed by atoms with van der Waals surface area (Å²) in [5.41, 5.74) is 2.08. The molecule has 2 aromatic rings. The third-order valence-corrected chi connectivity index (χ3v) is 4.02. The molecular formula is C14H15BrFN3O. The van der Waals surface area contributed by atoms with Crippen molar-refractivity contribution in [3.05, 3.63) is 52.3 Å². The molecule has 0 amide bonds. The van der Waals surface area contributed by atoms with Gasteiger partial charge in [-0.05, 0) is 33.6 Å². The Bertz CT molecular complexity index is 576. The Kier molecular flexibility index (Phi) is 4.14. The predicted octanol–water partition coefficient (Wildman–Crippen LogP) is 2.88. The van der Waals surface area contributed by atoms with Gasteiger partial charge in [0, 0.05) is 31.5 Å². The molecule has 4 nitrogen and oxygen atoms in total. The van der Waals surface area contributed by atoms with E-state index in [0.29, 0.717) is 11.1 Å².